The maximum atomic E-state index is 13.3. The second kappa shape index (κ2) is 8.17. The fraction of sp³-hybridized carbons (Fsp3) is 0.444. The van der Waals surface area contributed by atoms with Gasteiger partial charge in [-0.25, -0.2) is 13.4 Å². The molecule has 0 aliphatic carbocycles. The van der Waals surface area contributed by atoms with Gasteiger partial charge in [-0.2, -0.15) is 9.29 Å². The zero-order valence-electron chi connectivity index (χ0n) is 16.7. The molecule has 1 unspecified atom stereocenters. The van der Waals surface area contributed by atoms with Gasteiger partial charge in [0, 0.05) is 30.3 Å². The third-order valence-electron chi connectivity index (χ3n) is 4.84. The molecule has 0 bridgehead atoms. The number of anilines is 1. The summed E-state index contributed by atoms with van der Waals surface area (Å²) in [4.78, 5) is 22.6. The second-order valence-electron chi connectivity index (χ2n) is 7.15. The van der Waals surface area contributed by atoms with Crippen molar-refractivity contribution >= 4 is 43.7 Å². The molecule has 0 radical (unpaired) electrons. The Labute approximate surface area is 182 Å². The summed E-state index contributed by atoms with van der Waals surface area (Å²) in [5.41, 5.74) is 0.837. The first kappa shape index (κ1) is 21.1. The highest BCUT2D eigenvalue weighted by Gasteiger charge is 2.35. The third-order valence-corrected chi connectivity index (χ3v) is 8.88. The first-order valence-electron chi connectivity index (χ1n) is 9.38. The van der Waals surface area contributed by atoms with Gasteiger partial charge in [0.2, 0.25) is 27.6 Å². The van der Waals surface area contributed by atoms with Crippen LogP contribution in [0.1, 0.15) is 29.3 Å². The average Bonchev–Trinajstić information content (AvgIpc) is 3.42. The van der Waals surface area contributed by atoms with Crippen LogP contribution < -0.4 is 5.32 Å². The van der Waals surface area contributed by atoms with Crippen molar-refractivity contribution in [3.63, 3.8) is 0 Å². The minimum absolute atomic E-state index is 0.143. The lowest BCUT2D eigenvalue weighted by molar-refractivity contribution is -0.120. The number of carbonyl (C=O) groups is 1. The molecule has 3 aromatic rings. The van der Waals surface area contributed by atoms with Crippen LogP contribution in [0.15, 0.2) is 20.9 Å². The van der Waals surface area contributed by atoms with E-state index in [1.807, 2.05) is 12.3 Å². The molecule has 0 saturated carbocycles. The summed E-state index contributed by atoms with van der Waals surface area (Å²) in [5.74, 6) is 0.169. The number of aromatic nitrogens is 3. The summed E-state index contributed by atoms with van der Waals surface area (Å²) in [6, 6.07) is 1.58. The number of amides is 1. The number of nitrogens with zero attached hydrogens (tertiary/aromatic N) is 4. The van der Waals surface area contributed by atoms with E-state index < -0.39 is 15.9 Å². The van der Waals surface area contributed by atoms with Gasteiger partial charge in [-0.15, -0.1) is 22.7 Å². The number of hydrogen-bond donors (Lipinski definition) is 1. The largest absolute Gasteiger partial charge is 0.339 e. The molecule has 1 fully saturated rings. The van der Waals surface area contributed by atoms with Crippen LogP contribution in [0.3, 0.4) is 0 Å². The lowest BCUT2D eigenvalue weighted by Gasteiger charge is -2.31. The second-order valence-corrected chi connectivity index (χ2v) is 11.2. The quantitative estimate of drug-likeness (QED) is 0.612. The summed E-state index contributed by atoms with van der Waals surface area (Å²) in [6.07, 6.45) is 1.26. The Morgan fingerprint density at radius 3 is 2.77 bits per heavy atom. The van der Waals surface area contributed by atoms with Gasteiger partial charge in [-0.3, -0.25) is 4.79 Å². The lowest BCUT2D eigenvalue weighted by atomic mass is 9.99. The van der Waals surface area contributed by atoms with Gasteiger partial charge >= 0.3 is 0 Å². The molecule has 3 aromatic heterocycles. The summed E-state index contributed by atoms with van der Waals surface area (Å²) < 4.78 is 33.0. The summed E-state index contributed by atoms with van der Waals surface area (Å²) >= 11 is 2.66. The van der Waals surface area contributed by atoms with Crippen LogP contribution in [0, 0.1) is 26.7 Å². The van der Waals surface area contributed by atoms with Crippen molar-refractivity contribution in [3.05, 3.63) is 27.9 Å². The van der Waals surface area contributed by atoms with Crippen molar-refractivity contribution in [2.24, 2.45) is 5.92 Å². The van der Waals surface area contributed by atoms with E-state index in [2.05, 4.69) is 20.4 Å². The Kier molecular flexibility index (Phi) is 5.75. The Morgan fingerprint density at radius 1 is 1.30 bits per heavy atom. The standard InChI is InChI=1S/C18H21N5O4S3/c1-10-9-28-18(19-10)21-17(24)13-5-4-6-23(8-13)30(25,26)15-7-14(29-11(15)2)16-20-12(3)27-22-16/h7,9,13H,4-6,8H2,1-3H3,(H,19,21,24). The number of piperidine rings is 1. The zero-order chi connectivity index (χ0) is 21.5. The monoisotopic (exact) mass is 467 g/mol. The fourth-order valence-corrected chi connectivity index (χ4v) is 7.06. The van der Waals surface area contributed by atoms with Crippen LogP contribution in [-0.4, -0.2) is 46.8 Å². The van der Waals surface area contributed by atoms with Crippen molar-refractivity contribution in [1.82, 2.24) is 19.4 Å². The van der Waals surface area contributed by atoms with Crippen molar-refractivity contribution in [1.29, 1.82) is 0 Å². The maximum Gasteiger partial charge on any atom is 0.244 e. The topological polar surface area (TPSA) is 118 Å². The molecule has 12 heteroatoms. The van der Waals surface area contributed by atoms with Crippen molar-refractivity contribution in [3.8, 4) is 10.7 Å². The number of thiazole rings is 1. The number of rotatable bonds is 5. The third kappa shape index (κ3) is 4.17. The molecular weight excluding hydrogens is 446 g/mol. The Morgan fingerprint density at radius 2 is 2.10 bits per heavy atom. The molecule has 0 spiro atoms. The Hall–Kier alpha value is -2.15. The molecule has 1 saturated heterocycles. The van der Waals surface area contributed by atoms with Gasteiger partial charge < -0.3 is 9.84 Å². The zero-order valence-corrected chi connectivity index (χ0v) is 19.2. The summed E-state index contributed by atoms with van der Waals surface area (Å²) in [7, 11) is -3.74. The van der Waals surface area contributed by atoms with Gasteiger partial charge in [0.15, 0.2) is 5.13 Å². The van der Waals surface area contributed by atoms with E-state index >= 15 is 0 Å². The highest BCUT2D eigenvalue weighted by atomic mass is 32.2. The van der Waals surface area contributed by atoms with Crippen molar-refractivity contribution < 1.29 is 17.7 Å². The molecular formula is C18H21N5O4S3. The highest BCUT2D eigenvalue weighted by molar-refractivity contribution is 7.89. The molecule has 9 nitrogen and oxygen atoms in total. The highest BCUT2D eigenvalue weighted by Crippen LogP contribution is 2.35. The van der Waals surface area contributed by atoms with Gasteiger partial charge in [0.05, 0.1) is 21.4 Å². The Balaban J connectivity index is 1.52. The molecule has 0 aromatic carbocycles. The molecule has 1 amide bonds. The van der Waals surface area contributed by atoms with Crippen LogP contribution in [0.5, 0.6) is 0 Å². The normalized spacial score (nSPS) is 17.9. The van der Waals surface area contributed by atoms with E-state index in [-0.39, 0.29) is 17.3 Å². The summed E-state index contributed by atoms with van der Waals surface area (Å²) in [6.45, 7) is 5.82. The molecule has 1 N–H and O–H groups in total. The number of hydrogen-bond acceptors (Lipinski definition) is 9. The average molecular weight is 468 g/mol. The van der Waals surface area contributed by atoms with Crippen molar-refractivity contribution in [2.45, 2.75) is 38.5 Å². The first-order chi connectivity index (χ1) is 14.2. The number of nitrogens with one attached hydrogen (secondary N) is 1. The number of thiophene rings is 1. The molecule has 4 rings (SSSR count). The van der Waals surface area contributed by atoms with E-state index in [1.54, 1.807) is 19.9 Å². The van der Waals surface area contributed by atoms with E-state index in [0.29, 0.717) is 46.0 Å². The lowest BCUT2D eigenvalue weighted by Crippen LogP contribution is -2.43. The van der Waals surface area contributed by atoms with Crippen LogP contribution in [0.4, 0.5) is 5.13 Å². The summed E-state index contributed by atoms with van der Waals surface area (Å²) in [5, 5.41) is 9.07. The van der Waals surface area contributed by atoms with Crippen molar-refractivity contribution in [2.75, 3.05) is 18.4 Å². The number of aryl methyl sites for hydroxylation is 3. The minimum atomic E-state index is -3.74. The van der Waals surface area contributed by atoms with E-state index in [1.165, 1.54) is 27.0 Å². The van der Waals surface area contributed by atoms with E-state index in [0.717, 1.165) is 5.69 Å². The van der Waals surface area contributed by atoms with E-state index in [9.17, 15) is 13.2 Å². The SMILES string of the molecule is Cc1csc(NC(=O)C2CCCN(S(=O)(=O)c3cc(-c4noc(C)n4)sc3C)C2)n1. The first-order valence-corrected chi connectivity index (χ1v) is 12.5. The molecule has 1 aliphatic heterocycles. The number of carbonyl (C=O) groups excluding carboxylic acids is 1. The van der Waals surface area contributed by atoms with E-state index in [4.69, 9.17) is 4.52 Å². The smallest absolute Gasteiger partial charge is 0.244 e. The van der Waals surface area contributed by atoms with Gasteiger partial charge in [0.25, 0.3) is 0 Å². The van der Waals surface area contributed by atoms with Crippen LogP contribution >= 0.6 is 22.7 Å². The molecule has 160 valence electrons. The van der Waals surface area contributed by atoms with Gasteiger partial charge in [-0.1, -0.05) is 5.16 Å². The fourth-order valence-electron chi connectivity index (χ4n) is 3.36. The van der Waals surface area contributed by atoms with Gasteiger partial charge in [0.1, 0.15) is 0 Å². The van der Waals surface area contributed by atoms with Gasteiger partial charge in [-0.05, 0) is 32.8 Å². The minimum Gasteiger partial charge on any atom is -0.339 e. The molecule has 30 heavy (non-hydrogen) atoms. The predicted octanol–water partition coefficient (Wildman–Crippen LogP) is 3.22. The van der Waals surface area contributed by atoms with Crippen LogP contribution in [0.2, 0.25) is 0 Å². The number of sulfonamides is 1. The van der Waals surface area contributed by atoms with Crippen LogP contribution in [0.25, 0.3) is 10.7 Å². The molecule has 1 aliphatic rings. The van der Waals surface area contributed by atoms with Crippen LogP contribution in [-0.2, 0) is 14.8 Å². The Bertz CT molecular complexity index is 1180. The molecule has 1 atom stereocenters. The molecule has 4 heterocycles. The predicted molar refractivity (Wildman–Crippen MR) is 114 cm³/mol. The maximum absolute atomic E-state index is 13.3.